The Morgan fingerprint density at radius 2 is 2.39 bits per heavy atom. The van der Waals surface area contributed by atoms with E-state index in [1.54, 1.807) is 11.3 Å². The van der Waals surface area contributed by atoms with E-state index in [0.29, 0.717) is 5.92 Å². The zero-order chi connectivity index (χ0) is 13.0. The molecule has 0 radical (unpaired) electrons. The lowest BCUT2D eigenvalue weighted by molar-refractivity contribution is -0.114. The highest BCUT2D eigenvalue weighted by molar-refractivity contribution is 7.10. The lowest BCUT2D eigenvalue weighted by Gasteiger charge is -2.15. The summed E-state index contributed by atoms with van der Waals surface area (Å²) in [6.07, 6.45) is 3.03. The summed E-state index contributed by atoms with van der Waals surface area (Å²) >= 11 is 1.64. The summed E-state index contributed by atoms with van der Waals surface area (Å²) in [5.41, 5.74) is 0.895. The maximum absolute atomic E-state index is 11.0. The summed E-state index contributed by atoms with van der Waals surface area (Å²) in [5.74, 6) is 0.343. The first-order valence-electron chi connectivity index (χ1n) is 6.39. The Hall–Kier alpha value is -0.910. The van der Waals surface area contributed by atoms with Crippen molar-refractivity contribution >= 4 is 22.9 Å². The van der Waals surface area contributed by atoms with Gasteiger partial charge in [0.15, 0.2) is 0 Å². The average Bonchev–Trinajstić information content (AvgIpc) is 2.89. The van der Waals surface area contributed by atoms with Crippen LogP contribution in [0.25, 0.3) is 0 Å². The van der Waals surface area contributed by atoms with Crippen molar-refractivity contribution in [2.45, 2.75) is 38.8 Å². The molecular formula is C13H20N2O2S. The lowest BCUT2D eigenvalue weighted by Crippen LogP contribution is -2.27. The van der Waals surface area contributed by atoms with Gasteiger partial charge >= 0.3 is 0 Å². The molecule has 0 aliphatic heterocycles. The topological polar surface area (TPSA) is 61.4 Å². The quantitative estimate of drug-likeness (QED) is 0.765. The molecule has 1 aliphatic carbocycles. The largest absolute Gasteiger partial charge is 0.393 e. The third-order valence-electron chi connectivity index (χ3n) is 3.37. The number of aliphatic hydroxyl groups is 1. The molecule has 0 aromatic carbocycles. The molecule has 2 unspecified atom stereocenters. The van der Waals surface area contributed by atoms with Crippen LogP contribution in [-0.4, -0.2) is 23.7 Å². The van der Waals surface area contributed by atoms with Crippen LogP contribution in [0, 0.1) is 5.92 Å². The van der Waals surface area contributed by atoms with E-state index in [1.165, 1.54) is 6.92 Å². The summed E-state index contributed by atoms with van der Waals surface area (Å²) in [6, 6.07) is 1.92. The number of carbonyl (C=O) groups is 1. The lowest BCUT2D eigenvalue weighted by atomic mass is 10.1. The number of aliphatic hydroxyl groups excluding tert-OH is 1. The molecular weight excluding hydrogens is 248 g/mol. The van der Waals surface area contributed by atoms with Crippen LogP contribution in [0.15, 0.2) is 11.4 Å². The van der Waals surface area contributed by atoms with E-state index in [-0.39, 0.29) is 12.0 Å². The van der Waals surface area contributed by atoms with Crippen molar-refractivity contribution < 1.29 is 9.90 Å². The van der Waals surface area contributed by atoms with E-state index < -0.39 is 0 Å². The maximum Gasteiger partial charge on any atom is 0.221 e. The van der Waals surface area contributed by atoms with E-state index >= 15 is 0 Å². The SMILES string of the molecule is CC(=O)Nc1ccsc1CNCC1CCCC1O. The number of anilines is 1. The minimum Gasteiger partial charge on any atom is -0.393 e. The third kappa shape index (κ3) is 3.54. The van der Waals surface area contributed by atoms with Gasteiger partial charge in [0.05, 0.1) is 11.8 Å². The smallest absolute Gasteiger partial charge is 0.221 e. The van der Waals surface area contributed by atoms with Gasteiger partial charge in [-0.15, -0.1) is 11.3 Å². The fourth-order valence-corrected chi connectivity index (χ4v) is 3.20. The van der Waals surface area contributed by atoms with Gasteiger partial charge in [0.25, 0.3) is 0 Å². The number of rotatable bonds is 5. The van der Waals surface area contributed by atoms with Crippen molar-refractivity contribution in [2.75, 3.05) is 11.9 Å². The number of hydrogen-bond acceptors (Lipinski definition) is 4. The predicted molar refractivity (Wildman–Crippen MR) is 73.7 cm³/mol. The number of thiophene rings is 1. The Bertz CT molecular complexity index is 405. The van der Waals surface area contributed by atoms with Crippen LogP contribution in [0.1, 0.15) is 31.1 Å². The fourth-order valence-electron chi connectivity index (χ4n) is 2.41. The molecule has 0 bridgehead atoms. The van der Waals surface area contributed by atoms with Gasteiger partial charge in [0.1, 0.15) is 0 Å². The standard InChI is InChI=1S/C13H20N2O2S/c1-9(16)15-11-5-6-18-13(11)8-14-7-10-3-2-4-12(10)17/h5-6,10,12,14,17H,2-4,7-8H2,1H3,(H,15,16). The molecule has 1 aromatic rings. The highest BCUT2D eigenvalue weighted by Crippen LogP contribution is 2.25. The van der Waals surface area contributed by atoms with Gasteiger partial charge in [0.2, 0.25) is 5.91 Å². The van der Waals surface area contributed by atoms with Crippen LogP contribution in [0.4, 0.5) is 5.69 Å². The van der Waals surface area contributed by atoms with Crippen molar-refractivity contribution in [1.82, 2.24) is 5.32 Å². The second-order valence-electron chi connectivity index (χ2n) is 4.83. The second-order valence-corrected chi connectivity index (χ2v) is 5.83. The molecule has 2 rings (SSSR count). The van der Waals surface area contributed by atoms with Crippen LogP contribution in [0.2, 0.25) is 0 Å². The highest BCUT2D eigenvalue weighted by Gasteiger charge is 2.24. The molecule has 18 heavy (non-hydrogen) atoms. The molecule has 2 atom stereocenters. The minimum atomic E-state index is -0.143. The van der Waals surface area contributed by atoms with Crippen molar-refractivity contribution in [3.63, 3.8) is 0 Å². The molecule has 100 valence electrons. The number of carbonyl (C=O) groups excluding carboxylic acids is 1. The molecule has 3 N–H and O–H groups in total. The molecule has 0 spiro atoms. The number of hydrogen-bond donors (Lipinski definition) is 3. The Labute approximate surface area is 111 Å². The molecule has 1 amide bonds. The minimum absolute atomic E-state index is 0.0409. The Morgan fingerprint density at radius 1 is 1.56 bits per heavy atom. The van der Waals surface area contributed by atoms with Crippen LogP contribution < -0.4 is 10.6 Å². The maximum atomic E-state index is 11.0. The summed E-state index contributed by atoms with van der Waals surface area (Å²) in [7, 11) is 0. The summed E-state index contributed by atoms with van der Waals surface area (Å²) in [4.78, 5) is 12.2. The fraction of sp³-hybridized carbons (Fsp3) is 0.615. The average molecular weight is 268 g/mol. The van der Waals surface area contributed by atoms with Gasteiger partial charge in [-0.25, -0.2) is 0 Å². The van der Waals surface area contributed by atoms with Crippen LogP contribution >= 0.6 is 11.3 Å². The Balaban J connectivity index is 1.79. The zero-order valence-electron chi connectivity index (χ0n) is 10.6. The number of amides is 1. The molecule has 1 fully saturated rings. The summed E-state index contributed by atoms with van der Waals surface area (Å²) in [6.45, 7) is 3.11. The summed E-state index contributed by atoms with van der Waals surface area (Å²) in [5, 5.41) is 17.9. The van der Waals surface area contributed by atoms with E-state index in [2.05, 4.69) is 10.6 Å². The normalized spacial score (nSPS) is 23.2. The van der Waals surface area contributed by atoms with E-state index in [4.69, 9.17) is 0 Å². The third-order valence-corrected chi connectivity index (χ3v) is 4.29. The van der Waals surface area contributed by atoms with Gasteiger partial charge in [-0.05, 0) is 30.2 Å². The van der Waals surface area contributed by atoms with Crippen LogP contribution in [0.5, 0.6) is 0 Å². The second kappa shape index (κ2) is 6.31. The van der Waals surface area contributed by atoms with E-state index in [0.717, 1.165) is 42.9 Å². The first kappa shape index (κ1) is 13.5. The molecule has 1 heterocycles. The molecule has 5 heteroatoms. The van der Waals surface area contributed by atoms with Gasteiger partial charge in [-0.2, -0.15) is 0 Å². The molecule has 1 aliphatic rings. The summed E-state index contributed by atoms with van der Waals surface area (Å²) < 4.78 is 0. The molecule has 1 saturated carbocycles. The Kier molecular flexibility index (Phi) is 4.74. The van der Waals surface area contributed by atoms with Crippen LogP contribution in [0.3, 0.4) is 0 Å². The molecule has 0 saturated heterocycles. The van der Waals surface area contributed by atoms with Crippen molar-refractivity contribution in [3.8, 4) is 0 Å². The van der Waals surface area contributed by atoms with Gasteiger partial charge in [0, 0.05) is 24.9 Å². The predicted octanol–water partition coefficient (Wildman–Crippen LogP) is 1.96. The molecule has 1 aromatic heterocycles. The monoisotopic (exact) mass is 268 g/mol. The van der Waals surface area contributed by atoms with Crippen LogP contribution in [-0.2, 0) is 11.3 Å². The van der Waals surface area contributed by atoms with E-state index in [9.17, 15) is 9.90 Å². The van der Waals surface area contributed by atoms with Crippen molar-refractivity contribution in [2.24, 2.45) is 5.92 Å². The first-order chi connectivity index (χ1) is 8.66. The van der Waals surface area contributed by atoms with Gasteiger partial charge in [-0.1, -0.05) is 6.42 Å². The van der Waals surface area contributed by atoms with Gasteiger partial charge < -0.3 is 15.7 Å². The first-order valence-corrected chi connectivity index (χ1v) is 7.27. The van der Waals surface area contributed by atoms with Gasteiger partial charge in [-0.3, -0.25) is 4.79 Å². The van der Waals surface area contributed by atoms with Crippen molar-refractivity contribution in [1.29, 1.82) is 0 Å². The zero-order valence-corrected chi connectivity index (χ0v) is 11.4. The highest BCUT2D eigenvalue weighted by atomic mass is 32.1. The molecule has 4 nitrogen and oxygen atoms in total. The Morgan fingerprint density at radius 3 is 3.06 bits per heavy atom. The number of nitrogens with one attached hydrogen (secondary N) is 2. The van der Waals surface area contributed by atoms with E-state index in [1.807, 2.05) is 11.4 Å². The van der Waals surface area contributed by atoms with Crippen molar-refractivity contribution in [3.05, 3.63) is 16.3 Å².